The number of piperidine rings is 1. The fourth-order valence-electron chi connectivity index (χ4n) is 9.29. The maximum Gasteiger partial charge on any atom is 0.416 e. The number of hydrogen-bond donors (Lipinski definition) is 3. The number of amides is 4. The van der Waals surface area contributed by atoms with Crippen LogP contribution >= 0.6 is 0 Å². The highest BCUT2D eigenvalue weighted by molar-refractivity contribution is 6.23. The van der Waals surface area contributed by atoms with Crippen molar-refractivity contribution >= 4 is 40.6 Å². The minimum absolute atomic E-state index is 0.0153. The normalized spacial score (nSPS) is 20.6. The third-order valence-corrected chi connectivity index (χ3v) is 13.0. The Morgan fingerprint density at radius 1 is 0.791 bits per heavy atom. The number of fused-ring (bicyclic) bond motifs is 2. The number of piperazine rings is 1. The summed E-state index contributed by atoms with van der Waals surface area (Å²) < 4.78 is 65.1. The van der Waals surface area contributed by atoms with Gasteiger partial charge in [-0.15, -0.1) is 0 Å². The van der Waals surface area contributed by atoms with Crippen LogP contribution in [0.25, 0.3) is 11.0 Å². The molecule has 2 saturated heterocycles. The summed E-state index contributed by atoms with van der Waals surface area (Å²) in [5.74, 6) is -0.969. The summed E-state index contributed by atoms with van der Waals surface area (Å²) in [7, 11) is 0. The highest BCUT2D eigenvalue weighted by Gasteiger charge is 2.43. The highest BCUT2D eigenvalue weighted by atomic mass is 19.4. The molecule has 1 saturated carbocycles. The van der Waals surface area contributed by atoms with E-state index in [2.05, 4.69) is 26.5 Å². The number of anilines is 1. The number of imide groups is 1. The number of halogens is 3. The SMILES string of the molecule is O=C(Nc1nc2cc(CN3CCN(CCOCCOCCOCCOc4ccc5c(c4)C(=O)N(C4CCCNC4=O)C5=O)CC3)ccc2n1C1CCC(CO)CC1)c1cccc(C(F)(F)F)c1. The topological polar surface area (TPSA) is 177 Å². The first-order chi connectivity index (χ1) is 32.5. The Morgan fingerprint density at radius 2 is 1.49 bits per heavy atom. The zero-order valence-corrected chi connectivity index (χ0v) is 37.4. The number of hydrogen-bond acceptors (Lipinski definition) is 12. The minimum Gasteiger partial charge on any atom is -0.491 e. The van der Waals surface area contributed by atoms with Gasteiger partial charge < -0.3 is 33.9 Å². The van der Waals surface area contributed by atoms with E-state index in [4.69, 9.17) is 23.9 Å². The Hall–Kier alpha value is -5.44. The van der Waals surface area contributed by atoms with Crippen LogP contribution in [-0.2, 0) is 31.7 Å². The number of benzene rings is 3. The molecule has 19 heteroatoms. The summed E-state index contributed by atoms with van der Waals surface area (Å²) in [4.78, 5) is 62.2. The third kappa shape index (κ3) is 11.8. The summed E-state index contributed by atoms with van der Waals surface area (Å²) in [5, 5.41) is 15.3. The van der Waals surface area contributed by atoms with Crippen LogP contribution < -0.4 is 15.4 Å². The van der Waals surface area contributed by atoms with Crippen LogP contribution in [0, 0.1) is 5.92 Å². The van der Waals surface area contributed by atoms with Gasteiger partial charge in [0.05, 0.1) is 67.4 Å². The summed E-state index contributed by atoms with van der Waals surface area (Å²) in [6, 6.07) is 14.4. The molecule has 4 aliphatic rings. The average Bonchev–Trinajstić information content (AvgIpc) is 3.81. The van der Waals surface area contributed by atoms with Gasteiger partial charge in [-0.2, -0.15) is 13.2 Å². The second-order valence-electron chi connectivity index (χ2n) is 17.5. The lowest BCUT2D eigenvalue weighted by atomic mass is 9.86. The second kappa shape index (κ2) is 22.1. The first kappa shape index (κ1) is 48.0. The molecule has 8 rings (SSSR count). The molecule has 0 spiro atoms. The van der Waals surface area contributed by atoms with E-state index < -0.39 is 35.5 Å². The number of imidazole rings is 1. The number of carbonyl (C=O) groups excluding carboxylic acids is 4. The Labute approximate surface area is 386 Å². The number of nitrogens with one attached hydrogen (secondary N) is 2. The number of alkyl halides is 3. The number of nitrogens with zero attached hydrogens (tertiary/aromatic N) is 5. The van der Waals surface area contributed by atoms with Crippen LogP contribution in [-0.4, -0.2) is 151 Å². The quantitative estimate of drug-likeness (QED) is 0.0786. The number of carbonyl (C=O) groups is 4. The van der Waals surface area contributed by atoms with Gasteiger partial charge in [0, 0.05) is 64.0 Å². The fraction of sp³-hybridized carbons (Fsp3) is 0.521. The van der Waals surface area contributed by atoms with E-state index in [1.807, 2.05) is 16.7 Å². The summed E-state index contributed by atoms with van der Waals surface area (Å²) in [5.41, 5.74) is 2.12. The van der Waals surface area contributed by atoms with E-state index in [9.17, 15) is 37.5 Å². The Kier molecular flexibility index (Phi) is 15.9. The van der Waals surface area contributed by atoms with E-state index in [1.54, 1.807) is 12.1 Å². The lowest BCUT2D eigenvalue weighted by Crippen LogP contribution is -2.52. The van der Waals surface area contributed by atoms with Gasteiger partial charge in [-0.1, -0.05) is 12.1 Å². The Balaban J connectivity index is 0.709. The lowest BCUT2D eigenvalue weighted by Gasteiger charge is -2.34. The Bertz CT molecular complexity index is 2380. The van der Waals surface area contributed by atoms with E-state index >= 15 is 0 Å². The predicted molar refractivity (Wildman–Crippen MR) is 240 cm³/mol. The number of rotatable bonds is 20. The number of ether oxygens (including phenoxy) is 4. The zero-order chi connectivity index (χ0) is 46.9. The highest BCUT2D eigenvalue weighted by Crippen LogP contribution is 2.38. The maximum atomic E-state index is 13.4. The lowest BCUT2D eigenvalue weighted by molar-refractivity contribution is -0.137. The van der Waals surface area contributed by atoms with Gasteiger partial charge in [0.2, 0.25) is 11.9 Å². The zero-order valence-electron chi connectivity index (χ0n) is 37.4. The molecule has 0 radical (unpaired) electrons. The average molecular weight is 934 g/mol. The maximum absolute atomic E-state index is 13.4. The van der Waals surface area contributed by atoms with Crippen molar-refractivity contribution in [3.8, 4) is 5.75 Å². The molecule has 3 aliphatic heterocycles. The van der Waals surface area contributed by atoms with Crippen molar-refractivity contribution < 1.29 is 56.4 Å². The third-order valence-electron chi connectivity index (χ3n) is 13.0. The van der Waals surface area contributed by atoms with Crippen molar-refractivity contribution in [2.75, 3.05) is 97.4 Å². The van der Waals surface area contributed by atoms with E-state index in [0.29, 0.717) is 76.2 Å². The van der Waals surface area contributed by atoms with Crippen LogP contribution in [0.15, 0.2) is 60.7 Å². The van der Waals surface area contributed by atoms with Gasteiger partial charge >= 0.3 is 6.18 Å². The van der Waals surface area contributed by atoms with E-state index in [-0.39, 0.29) is 47.8 Å². The predicted octanol–water partition coefficient (Wildman–Crippen LogP) is 5.15. The van der Waals surface area contributed by atoms with Crippen LogP contribution in [0.4, 0.5) is 19.1 Å². The molecule has 4 aromatic rings. The monoisotopic (exact) mass is 933 g/mol. The van der Waals surface area contributed by atoms with Crippen molar-refractivity contribution in [1.29, 1.82) is 0 Å². The van der Waals surface area contributed by atoms with Gasteiger partial charge in [-0.05, 0) is 98.5 Å². The van der Waals surface area contributed by atoms with E-state index in [0.717, 1.165) is 93.1 Å². The number of aromatic nitrogens is 2. The molecular formula is C48H58F3N7O9. The standard InChI is InChI=1S/C48H58F3N7O9/c49-48(50,51)35-4-1-3-34(28-35)43(60)54-47-53-40-27-33(8-13-41(40)57(47)36-9-6-32(31-59)7-10-36)30-56-17-15-55(16-18-56)19-20-64-21-22-65-23-24-66-25-26-67-37-11-12-38-39(29-37)46(63)58(45(38)62)42-5-2-14-52-44(42)61/h1,3-4,8,11-13,27-29,32,36,42,59H,2,5-7,9-10,14-26,30-31H2,(H,52,61)(H,53,54,60). The molecule has 1 aliphatic carbocycles. The van der Waals surface area contributed by atoms with Crippen molar-refractivity contribution in [3.63, 3.8) is 0 Å². The van der Waals surface area contributed by atoms with Gasteiger partial charge in [-0.3, -0.25) is 39.2 Å². The van der Waals surface area contributed by atoms with Gasteiger partial charge in [0.25, 0.3) is 17.7 Å². The molecule has 1 aromatic heterocycles. The number of aliphatic hydroxyl groups is 1. The summed E-state index contributed by atoms with van der Waals surface area (Å²) in [6.07, 6.45) is -0.212. The van der Waals surface area contributed by atoms with Crippen LogP contribution in [0.5, 0.6) is 5.75 Å². The first-order valence-corrected chi connectivity index (χ1v) is 23.2. The van der Waals surface area contributed by atoms with Crippen LogP contribution in [0.1, 0.15) is 86.8 Å². The molecule has 1 unspecified atom stereocenters. The van der Waals surface area contributed by atoms with Gasteiger partial charge in [0.15, 0.2) is 0 Å². The molecule has 1 atom stereocenters. The fourth-order valence-corrected chi connectivity index (χ4v) is 9.29. The summed E-state index contributed by atoms with van der Waals surface area (Å²) in [6.45, 7) is 8.53. The molecule has 3 fully saturated rings. The van der Waals surface area contributed by atoms with Crippen molar-refractivity contribution in [2.24, 2.45) is 5.92 Å². The molecule has 4 heterocycles. The van der Waals surface area contributed by atoms with Gasteiger partial charge in [0.1, 0.15) is 18.4 Å². The molecule has 3 aromatic carbocycles. The first-order valence-electron chi connectivity index (χ1n) is 23.2. The molecule has 0 bridgehead atoms. The van der Waals surface area contributed by atoms with Gasteiger partial charge in [-0.25, -0.2) is 4.98 Å². The van der Waals surface area contributed by atoms with Crippen molar-refractivity contribution in [3.05, 3.63) is 88.5 Å². The molecule has 67 heavy (non-hydrogen) atoms. The van der Waals surface area contributed by atoms with Crippen molar-refractivity contribution in [2.45, 2.75) is 63.3 Å². The smallest absolute Gasteiger partial charge is 0.416 e. The minimum atomic E-state index is -4.57. The Morgan fingerprint density at radius 3 is 2.21 bits per heavy atom. The molecule has 360 valence electrons. The van der Waals surface area contributed by atoms with Crippen LogP contribution in [0.2, 0.25) is 0 Å². The second-order valence-corrected chi connectivity index (χ2v) is 17.5. The van der Waals surface area contributed by atoms with Crippen molar-refractivity contribution in [1.82, 2.24) is 29.6 Å². The molecule has 4 amide bonds. The molecule has 3 N–H and O–H groups in total. The molecular weight excluding hydrogens is 876 g/mol. The largest absolute Gasteiger partial charge is 0.491 e. The number of aliphatic hydroxyl groups excluding tert-OH is 1. The molecule has 16 nitrogen and oxygen atoms in total. The van der Waals surface area contributed by atoms with E-state index in [1.165, 1.54) is 18.2 Å². The van der Waals surface area contributed by atoms with Crippen LogP contribution in [0.3, 0.4) is 0 Å². The summed E-state index contributed by atoms with van der Waals surface area (Å²) >= 11 is 0.